The Labute approximate surface area is 76.1 Å². The average molecular weight is 205 g/mol. The number of nitrogen functional groups attached to an aromatic ring is 1. The molecule has 4 N–H and O–H groups in total. The molecular weight excluding hydrogens is 194 g/mol. The quantitative estimate of drug-likeness (QED) is 0.581. The van der Waals surface area contributed by atoms with Crippen molar-refractivity contribution in [2.24, 2.45) is 7.05 Å². The fraction of sp³-hybridized carbons (Fsp3) is 0.400. The Kier molecular flexibility index (Phi) is 2.43. The molecule has 0 saturated carbocycles. The first-order valence-corrected chi connectivity index (χ1v) is 4.93. The molecule has 0 unspecified atom stereocenters. The molecule has 1 rings (SSSR count). The largest absolute Gasteiger partial charge is 0.394 e. The van der Waals surface area contributed by atoms with Gasteiger partial charge in [0.05, 0.1) is 11.9 Å². The molecule has 1 aromatic heterocycles. The molecule has 0 aliphatic rings. The molecule has 0 aliphatic heterocycles. The summed E-state index contributed by atoms with van der Waals surface area (Å²) in [6.07, 6.45) is 1.37. The molecular formula is C5H11N5O2S. The average Bonchev–Trinajstić information content (AvgIpc) is 2.36. The van der Waals surface area contributed by atoms with Crippen molar-refractivity contribution in [2.75, 3.05) is 17.5 Å². The van der Waals surface area contributed by atoms with Gasteiger partial charge in [-0.2, -0.15) is 13.5 Å². The summed E-state index contributed by atoms with van der Waals surface area (Å²) in [5, 5.41) is 3.77. The van der Waals surface area contributed by atoms with Crippen LogP contribution in [-0.4, -0.2) is 25.2 Å². The summed E-state index contributed by atoms with van der Waals surface area (Å²) in [5.74, 6) is 0.245. The van der Waals surface area contributed by atoms with Gasteiger partial charge < -0.3 is 5.73 Å². The van der Waals surface area contributed by atoms with E-state index in [1.807, 2.05) is 0 Å². The summed E-state index contributed by atoms with van der Waals surface area (Å²) in [5.41, 5.74) is 5.74. The first-order chi connectivity index (χ1) is 5.96. The Morgan fingerprint density at radius 1 is 1.62 bits per heavy atom. The summed E-state index contributed by atoms with van der Waals surface area (Å²) in [7, 11) is -0.641. The van der Waals surface area contributed by atoms with Gasteiger partial charge in [-0.1, -0.05) is 0 Å². The molecule has 0 atom stereocenters. The van der Waals surface area contributed by atoms with Crippen LogP contribution in [0.2, 0.25) is 0 Å². The number of hydrogen-bond donors (Lipinski definition) is 3. The molecule has 74 valence electrons. The van der Waals surface area contributed by atoms with E-state index in [2.05, 4.69) is 14.5 Å². The van der Waals surface area contributed by atoms with Crippen LogP contribution in [-0.2, 0) is 17.3 Å². The highest BCUT2D eigenvalue weighted by Gasteiger charge is 2.12. The van der Waals surface area contributed by atoms with Crippen molar-refractivity contribution in [3.8, 4) is 0 Å². The second-order valence-corrected chi connectivity index (χ2v) is 4.00. The van der Waals surface area contributed by atoms with Crippen LogP contribution in [0, 0.1) is 0 Å². The number of nitrogens with two attached hydrogens (primary N) is 1. The zero-order chi connectivity index (χ0) is 10.1. The van der Waals surface area contributed by atoms with Crippen LogP contribution in [0.1, 0.15) is 0 Å². The van der Waals surface area contributed by atoms with Crippen molar-refractivity contribution >= 4 is 21.7 Å². The predicted octanol–water partition coefficient (Wildman–Crippen LogP) is -1.12. The zero-order valence-electron chi connectivity index (χ0n) is 7.27. The number of rotatable bonds is 3. The summed E-state index contributed by atoms with van der Waals surface area (Å²) in [6, 6.07) is 0. The lowest BCUT2D eigenvalue weighted by Gasteiger charge is -2.06. The molecule has 0 saturated heterocycles. The van der Waals surface area contributed by atoms with E-state index >= 15 is 0 Å². The fourth-order valence-corrected chi connectivity index (χ4v) is 1.36. The molecule has 13 heavy (non-hydrogen) atoms. The Bertz CT molecular complexity index is 376. The maximum Gasteiger partial charge on any atom is 0.300 e. The first-order valence-electron chi connectivity index (χ1n) is 3.45. The van der Waals surface area contributed by atoms with E-state index < -0.39 is 10.2 Å². The van der Waals surface area contributed by atoms with Crippen molar-refractivity contribution < 1.29 is 8.42 Å². The van der Waals surface area contributed by atoms with Crippen molar-refractivity contribution in [1.29, 1.82) is 0 Å². The topological polar surface area (TPSA) is 102 Å². The number of hydrogen-bond acceptors (Lipinski definition) is 4. The molecule has 0 amide bonds. The zero-order valence-corrected chi connectivity index (χ0v) is 8.09. The van der Waals surface area contributed by atoms with Gasteiger partial charge in [-0.05, 0) is 0 Å². The number of aromatic nitrogens is 2. The van der Waals surface area contributed by atoms with Crippen molar-refractivity contribution in [2.45, 2.75) is 0 Å². The van der Waals surface area contributed by atoms with Crippen LogP contribution in [0.15, 0.2) is 6.20 Å². The van der Waals surface area contributed by atoms with Crippen molar-refractivity contribution in [3.63, 3.8) is 0 Å². The van der Waals surface area contributed by atoms with Gasteiger partial charge in [0.1, 0.15) is 0 Å². The summed E-state index contributed by atoms with van der Waals surface area (Å²) < 4.78 is 27.8. The number of nitrogens with zero attached hydrogens (tertiary/aromatic N) is 2. The molecule has 0 radical (unpaired) electrons. The molecule has 0 spiro atoms. The molecule has 7 nitrogen and oxygen atoms in total. The minimum atomic E-state index is -3.53. The monoisotopic (exact) mass is 205 g/mol. The summed E-state index contributed by atoms with van der Waals surface area (Å²) >= 11 is 0. The Hall–Kier alpha value is -1.28. The second kappa shape index (κ2) is 3.23. The molecule has 0 aliphatic carbocycles. The highest BCUT2D eigenvalue weighted by molar-refractivity contribution is 7.90. The van der Waals surface area contributed by atoms with Gasteiger partial charge in [0.25, 0.3) is 10.2 Å². The van der Waals surface area contributed by atoms with Gasteiger partial charge in [-0.15, -0.1) is 0 Å². The Balaban J connectivity index is 2.99. The number of anilines is 2. The normalized spacial score (nSPS) is 11.5. The molecule has 1 aromatic rings. The highest BCUT2D eigenvalue weighted by atomic mass is 32.2. The number of aryl methyl sites for hydroxylation is 1. The fourth-order valence-electron chi connectivity index (χ4n) is 0.758. The van der Waals surface area contributed by atoms with Crippen LogP contribution in [0.25, 0.3) is 0 Å². The molecule has 0 bridgehead atoms. The van der Waals surface area contributed by atoms with E-state index in [9.17, 15) is 8.42 Å². The maximum atomic E-state index is 11.1. The lowest BCUT2D eigenvalue weighted by Crippen LogP contribution is -2.27. The van der Waals surface area contributed by atoms with Gasteiger partial charge >= 0.3 is 0 Å². The van der Waals surface area contributed by atoms with E-state index in [1.165, 1.54) is 17.9 Å². The van der Waals surface area contributed by atoms with Gasteiger partial charge in [0.2, 0.25) is 0 Å². The first kappa shape index (κ1) is 9.81. The number of nitrogens with one attached hydrogen (secondary N) is 2. The van der Waals surface area contributed by atoms with Crippen LogP contribution in [0.4, 0.5) is 11.5 Å². The van der Waals surface area contributed by atoms with Gasteiger partial charge in [-0.25, -0.2) is 4.72 Å². The molecule has 0 aromatic carbocycles. The minimum Gasteiger partial charge on any atom is -0.394 e. The molecule has 8 heteroatoms. The highest BCUT2D eigenvalue weighted by Crippen LogP contribution is 2.16. The standard InChI is InChI=1S/C5H11N5O2S/c1-7-13(11,12)9-5-4(6)3-8-10(5)2/h3,7,9H,6H2,1-2H3. The van der Waals surface area contributed by atoms with Crippen LogP contribution < -0.4 is 15.2 Å². The lowest BCUT2D eigenvalue weighted by molar-refractivity contribution is 0.592. The van der Waals surface area contributed by atoms with Crippen LogP contribution in [0.5, 0.6) is 0 Å². The third-order valence-corrected chi connectivity index (χ3v) is 2.47. The van der Waals surface area contributed by atoms with E-state index in [1.54, 1.807) is 7.05 Å². The molecule has 1 heterocycles. The third-order valence-electron chi connectivity index (χ3n) is 1.47. The van der Waals surface area contributed by atoms with Crippen LogP contribution in [0.3, 0.4) is 0 Å². The second-order valence-electron chi connectivity index (χ2n) is 2.38. The molecule has 0 fully saturated rings. The SMILES string of the molecule is CNS(=O)(=O)Nc1c(N)cnn1C. The predicted molar refractivity (Wildman–Crippen MR) is 49.2 cm³/mol. The Morgan fingerprint density at radius 2 is 2.23 bits per heavy atom. The summed E-state index contributed by atoms with van der Waals surface area (Å²) in [6.45, 7) is 0. The minimum absolute atomic E-state index is 0.245. The smallest absolute Gasteiger partial charge is 0.300 e. The summed E-state index contributed by atoms with van der Waals surface area (Å²) in [4.78, 5) is 0. The van der Waals surface area contributed by atoms with Crippen LogP contribution >= 0.6 is 0 Å². The van der Waals surface area contributed by atoms with Gasteiger partial charge in [-0.3, -0.25) is 9.40 Å². The Morgan fingerprint density at radius 3 is 2.62 bits per heavy atom. The van der Waals surface area contributed by atoms with Gasteiger partial charge in [0, 0.05) is 14.1 Å². The van der Waals surface area contributed by atoms with E-state index in [0.29, 0.717) is 0 Å². The maximum absolute atomic E-state index is 11.1. The van der Waals surface area contributed by atoms with E-state index in [0.717, 1.165) is 0 Å². The third kappa shape index (κ3) is 2.10. The van der Waals surface area contributed by atoms with E-state index in [-0.39, 0.29) is 11.5 Å². The van der Waals surface area contributed by atoms with Crippen molar-refractivity contribution in [1.82, 2.24) is 14.5 Å². The lowest BCUT2D eigenvalue weighted by atomic mass is 10.5. The van der Waals surface area contributed by atoms with Gasteiger partial charge in [0.15, 0.2) is 5.82 Å². The van der Waals surface area contributed by atoms with E-state index in [4.69, 9.17) is 5.73 Å². The van der Waals surface area contributed by atoms with Crippen molar-refractivity contribution in [3.05, 3.63) is 6.20 Å².